The zero-order chi connectivity index (χ0) is 22.7. The Hall–Kier alpha value is 1.74. The molecular formula is C20H40Na2O8S2. The first-order chi connectivity index (χ1) is 14.1. The van der Waals surface area contributed by atoms with Crippen LogP contribution in [0.4, 0.5) is 0 Å². The van der Waals surface area contributed by atoms with Crippen molar-refractivity contribution in [3.63, 3.8) is 0 Å². The van der Waals surface area contributed by atoms with Crippen molar-refractivity contribution >= 4 is 20.8 Å². The van der Waals surface area contributed by atoms with Crippen LogP contribution in [0.2, 0.25) is 0 Å². The van der Waals surface area contributed by atoms with Crippen LogP contribution in [0.5, 0.6) is 0 Å². The number of hydrogen-bond donors (Lipinski definition) is 0. The third-order valence-electron chi connectivity index (χ3n) is 5.03. The molecule has 0 spiro atoms. The molecule has 0 rings (SSSR count). The Morgan fingerprint density at radius 2 is 0.969 bits per heavy atom. The molecule has 0 aliphatic heterocycles. The van der Waals surface area contributed by atoms with Gasteiger partial charge in [0.05, 0.1) is 12.7 Å². The van der Waals surface area contributed by atoms with Crippen molar-refractivity contribution < 1.29 is 93.4 Å². The topological polar surface area (TPSA) is 133 Å². The summed E-state index contributed by atoms with van der Waals surface area (Å²) in [7, 11) is -9.16. The average molecular weight is 519 g/mol. The maximum Gasteiger partial charge on any atom is 1.00 e. The predicted molar refractivity (Wildman–Crippen MR) is 114 cm³/mol. The summed E-state index contributed by atoms with van der Waals surface area (Å²) in [5, 5.41) is 0. The predicted octanol–water partition coefficient (Wildman–Crippen LogP) is -1.03. The molecule has 1 atom stereocenters. The van der Waals surface area contributed by atoms with Crippen LogP contribution >= 0.6 is 0 Å². The fourth-order valence-corrected chi connectivity index (χ4v) is 4.27. The van der Waals surface area contributed by atoms with Gasteiger partial charge in [0.25, 0.3) is 0 Å². The maximum absolute atomic E-state index is 10.8. The van der Waals surface area contributed by atoms with Crippen molar-refractivity contribution in [3.8, 4) is 0 Å². The van der Waals surface area contributed by atoms with Crippen LogP contribution in [-0.4, -0.2) is 38.7 Å². The van der Waals surface area contributed by atoms with Gasteiger partial charge in [-0.1, -0.05) is 96.8 Å². The van der Waals surface area contributed by atoms with Gasteiger partial charge in [-0.2, -0.15) is 0 Å². The number of unbranched alkanes of at least 4 members (excludes halogenated alkanes) is 13. The Labute approximate surface area is 240 Å². The van der Waals surface area contributed by atoms with E-state index in [-0.39, 0.29) is 65.7 Å². The van der Waals surface area contributed by atoms with E-state index in [0.717, 1.165) is 51.4 Å². The van der Waals surface area contributed by atoms with Gasteiger partial charge in [-0.25, -0.2) is 16.8 Å². The fourth-order valence-electron chi connectivity index (χ4n) is 3.42. The third-order valence-corrected chi connectivity index (χ3v) is 5.99. The van der Waals surface area contributed by atoms with Gasteiger partial charge in [0.1, 0.15) is 0 Å². The van der Waals surface area contributed by atoms with E-state index < -0.39 is 26.9 Å². The Morgan fingerprint density at radius 1 is 0.594 bits per heavy atom. The summed E-state index contributed by atoms with van der Waals surface area (Å²) >= 11 is 0. The molecule has 0 amide bonds. The van der Waals surface area contributed by atoms with Crippen molar-refractivity contribution in [2.24, 2.45) is 0 Å². The number of rotatable bonds is 22. The number of hydrogen-bond acceptors (Lipinski definition) is 8. The van der Waals surface area contributed by atoms with Crippen LogP contribution in [0.3, 0.4) is 0 Å². The molecule has 8 nitrogen and oxygen atoms in total. The summed E-state index contributed by atoms with van der Waals surface area (Å²) in [6.45, 7) is 2.00. The Balaban J connectivity index is -0.00000420. The van der Waals surface area contributed by atoms with Crippen LogP contribution in [-0.2, 0) is 29.2 Å². The molecule has 0 fully saturated rings. The summed E-state index contributed by atoms with van der Waals surface area (Å²) < 4.78 is 71.9. The van der Waals surface area contributed by atoms with Crippen molar-refractivity contribution in [1.29, 1.82) is 0 Å². The van der Waals surface area contributed by atoms with Crippen molar-refractivity contribution in [2.75, 3.05) is 6.61 Å². The first-order valence-corrected chi connectivity index (χ1v) is 14.0. The molecule has 0 aromatic carbocycles. The van der Waals surface area contributed by atoms with E-state index >= 15 is 0 Å². The molecule has 0 bridgehead atoms. The standard InChI is InChI=1S/C20H42O8S2.2Na/c1-2-3-17-20(28-30(24,25)26)18-15-13-11-9-7-5-4-6-8-10-12-14-16-19-27-29(21,22)23;;/h20H,2-19H2,1H3,(H,21,22,23)(H,24,25,26);;/q;2*+1/p-2. The van der Waals surface area contributed by atoms with Gasteiger partial charge >= 0.3 is 59.1 Å². The molecule has 0 radical (unpaired) electrons. The second kappa shape index (κ2) is 24.4. The van der Waals surface area contributed by atoms with Crippen molar-refractivity contribution in [2.45, 2.75) is 122 Å². The maximum atomic E-state index is 10.8. The van der Waals surface area contributed by atoms with Gasteiger partial charge in [0, 0.05) is 0 Å². The van der Waals surface area contributed by atoms with E-state index in [1.165, 1.54) is 38.5 Å². The summed E-state index contributed by atoms with van der Waals surface area (Å²) in [5.41, 5.74) is 0. The van der Waals surface area contributed by atoms with Gasteiger partial charge < -0.3 is 9.11 Å². The molecular weight excluding hydrogens is 478 g/mol. The SMILES string of the molecule is CCCCC(CCCCCCCCCCCCCCCOS(=O)(=O)[O-])OS(=O)(=O)[O-].[Na+].[Na+]. The van der Waals surface area contributed by atoms with Crippen LogP contribution in [0.1, 0.15) is 116 Å². The average Bonchev–Trinajstić information content (AvgIpc) is 2.63. The monoisotopic (exact) mass is 518 g/mol. The molecule has 0 heterocycles. The summed E-state index contributed by atoms with van der Waals surface area (Å²) in [4.78, 5) is 0. The quantitative estimate of drug-likeness (QED) is 0.0769. The smallest absolute Gasteiger partial charge is 0.726 e. The molecule has 1 unspecified atom stereocenters. The van der Waals surface area contributed by atoms with Gasteiger partial charge in [-0.05, 0) is 19.3 Å². The van der Waals surface area contributed by atoms with Crippen LogP contribution in [0, 0.1) is 0 Å². The first-order valence-electron chi connectivity index (χ1n) is 11.4. The van der Waals surface area contributed by atoms with Crippen LogP contribution in [0.15, 0.2) is 0 Å². The second-order valence-electron chi connectivity index (χ2n) is 7.88. The molecule has 0 N–H and O–H groups in total. The second-order valence-corrected chi connectivity index (χ2v) is 9.94. The van der Waals surface area contributed by atoms with Crippen LogP contribution < -0.4 is 59.1 Å². The van der Waals surface area contributed by atoms with E-state index in [9.17, 15) is 25.9 Å². The van der Waals surface area contributed by atoms with Crippen LogP contribution in [0.25, 0.3) is 0 Å². The Morgan fingerprint density at radius 3 is 1.34 bits per heavy atom. The van der Waals surface area contributed by atoms with Gasteiger partial charge in [0.15, 0.2) is 0 Å². The molecule has 0 aliphatic carbocycles. The normalized spacial score (nSPS) is 12.7. The molecule has 0 aliphatic rings. The zero-order valence-electron chi connectivity index (χ0n) is 20.4. The minimum absolute atomic E-state index is 0. The molecule has 0 aromatic heterocycles. The molecule has 0 aromatic rings. The van der Waals surface area contributed by atoms with E-state index in [2.05, 4.69) is 8.37 Å². The Bertz CT molecular complexity index is 601. The van der Waals surface area contributed by atoms with Gasteiger partial charge in [0.2, 0.25) is 20.8 Å². The molecule has 0 saturated carbocycles. The fraction of sp³-hybridized carbons (Fsp3) is 1.00. The van der Waals surface area contributed by atoms with Crippen molar-refractivity contribution in [3.05, 3.63) is 0 Å². The minimum Gasteiger partial charge on any atom is -0.726 e. The minimum atomic E-state index is -4.62. The van der Waals surface area contributed by atoms with E-state index in [0.29, 0.717) is 19.3 Å². The van der Waals surface area contributed by atoms with E-state index in [4.69, 9.17) is 0 Å². The molecule has 0 saturated heterocycles. The summed E-state index contributed by atoms with van der Waals surface area (Å²) in [6, 6.07) is 0. The molecule has 12 heteroatoms. The summed E-state index contributed by atoms with van der Waals surface area (Å²) in [5.74, 6) is 0. The summed E-state index contributed by atoms with van der Waals surface area (Å²) in [6.07, 6.45) is 16.4. The first kappa shape index (κ1) is 38.3. The molecule has 32 heavy (non-hydrogen) atoms. The van der Waals surface area contributed by atoms with Crippen molar-refractivity contribution in [1.82, 2.24) is 0 Å². The molecule has 182 valence electrons. The third kappa shape index (κ3) is 31.7. The zero-order valence-corrected chi connectivity index (χ0v) is 26.0. The largest absolute Gasteiger partial charge is 1.00 e. The van der Waals surface area contributed by atoms with E-state index in [1.807, 2.05) is 6.92 Å². The van der Waals surface area contributed by atoms with Gasteiger partial charge in [-0.15, -0.1) is 0 Å². The Kier molecular flexibility index (Phi) is 29.2. The van der Waals surface area contributed by atoms with E-state index in [1.54, 1.807) is 0 Å². The van der Waals surface area contributed by atoms with Gasteiger partial charge in [-0.3, -0.25) is 8.37 Å².